The maximum atomic E-state index is 12.7. The molecule has 0 unspecified atom stereocenters. The van der Waals surface area contributed by atoms with Gasteiger partial charge in [-0.2, -0.15) is 0 Å². The Balaban J connectivity index is 1.96. The van der Waals surface area contributed by atoms with E-state index in [9.17, 15) is 9.59 Å². The third-order valence-electron chi connectivity index (χ3n) is 3.95. The molecule has 0 aromatic heterocycles. The molecule has 1 heterocycles. The van der Waals surface area contributed by atoms with Crippen molar-refractivity contribution in [3.05, 3.63) is 64.6 Å². The number of aliphatic imine (C=N–C) groups is 1. The molecule has 0 bridgehead atoms. The molecule has 1 fully saturated rings. The second kappa shape index (κ2) is 8.09. The number of rotatable bonds is 5. The second-order valence-corrected chi connectivity index (χ2v) is 6.66. The Hall–Kier alpha value is -3.06. The van der Waals surface area contributed by atoms with Crippen LogP contribution in [0.2, 0.25) is 0 Å². The first-order valence-electron chi connectivity index (χ1n) is 8.30. The number of likely N-dealkylation sites (N-methyl/N-ethyl adjacent to an activating group) is 1. The van der Waals surface area contributed by atoms with Gasteiger partial charge in [0.25, 0.3) is 5.91 Å². The standard InChI is InChI=1S/C20H18N2O4S/c1-3-22-18(23)17(12-13-7-4-5-10-16(13)26-2)27-20(22)21-15-9-6-8-14(11-15)19(24)25/h4-12H,3H2,1-2H3,(H,24,25)/b17-12-,21-20?. The number of amidine groups is 1. The smallest absolute Gasteiger partial charge is 0.335 e. The van der Waals surface area contributed by atoms with Crippen LogP contribution in [-0.4, -0.2) is 40.7 Å². The molecule has 2 aromatic rings. The van der Waals surface area contributed by atoms with Gasteiger partial charge in [-0.3, -0.25) is 9.69 Å². The van der Waals surface area contributed by atoms with Crippen LogP contribution in [0.5, 0.6) is 5.75 Å². The summed E-state index contributed by atoms with van der Waals surface area (Å²) in [4.78, 5) is 30.5. The van der Waals surface area contributed by atoms with Crippen molar-refractivity contribution in [2.45, 2.75) is 6.92 Å². The van der Waals surface area contributed by atoms with Gasteiger partial charge in [-0.1, -0.05) is 24.3 Å². The van der Waals surface area contributed by atoms with Gasteiger partial charge in [0.15, 0.2) is 5.17 Å². The average Bonchev–Trinajstić information content (AvgIpc) is 2.96. The van der Waals surface area contributed by atoms with E-state index in [0.29, 0.717) is 28.1 Å². The molecule has 3 rings (SSSR count). The molecule has 0 atom stereocenters. The first-order chi connectivity index (χ1) is 13.0. The number of ether oxygens (including phenoxy) is 1. The Morgan fingerprint density at radius 1 is 1.26 bits per heavy atom. The van der Waals surface area contributed by atoms with Gasteiger partial charge in [0.05, 0.1) is 23.3 Å². The van der Waals surface area contributed by atoms with E-state index in [-0.39, 0.29) is 11.5 Å². The third-order valence-corrected chi connectivity index (χ3v) is 4.95. The summed E-state index contributed by atoms with van der Waals surface area (Å²) in [6, 6.07) is 13.8. The summed E-state index contributed by atoms with van der Waals surface area (Å²) in [7, 11) is 1.58. The lowest BCUT2D eigenvalue weighted by molar-refractivity contribution is -0.122. The third kappa shape index (κ3) is 4.03. The quantitative estimate of drug-likeness (QED) is 0.790. The predicted molar refractivity (Wildman–Crippen MR) is 106 cm³/mol. The molecule has 6 nitrogen and oxygen atoms in total. The maximum Gasteiger partial charge on any atom is 0.335 e. The van der Waals surface area contributed by atoms with Gasteiger partial charge < -0.3 is 9.84 Å². The Morgan fingerprint density at radius 2 is 2.04 bits per heavy atom. The van der Waals surface area contributed by atoms with Crippen LogP contribution in [0.3, 0.4) is 0 Å². The average molecular weight is 382 g/mol. The van der Waals surface area contributed by atoms with Gasteiger partial charge in [-0.25, -0.2) is 9.79 Å². The van der Waals surface area contributed by atoms with Crippen molar-refractivity contribution in [1.29, 1.82) is 0 Å². The minimum Gasteiger partial charge on any atom is -0.496 e. The van der Waals surface area contributed by atoms with Gasteiger partial charge in [0.2, 0.25) is 0 Å². The summed E-state index contributed by atoms with van der Waals surface area (Å²) >= 11 is 1.26. The molecule has 1 saturated heterocycles. The molecule has 0 radical (unpaired) electrons. The van der Waals surface area contributed by atoms with Crippen molar-refractivity contribution >= 4 is 40.6 Å². The van der Waals surface area contributed by atoms with E-state index in [1.807, 2.05) is 31.2 Å². The fourth-order valence-electron chi connectivity index (χ4n) is 2.62. The number of carbonyl (C=O) groups is 2. The highest BCUT2D eigenvalue weighted by Gasteiger charge is 2.32. The Bertz CT molecular complexity index is 953. The molecule has 1 amide bonds. The monoisotopic (exact) mass is 382 g/mol. The molecule has 1 N–H and O–H groups in total. The number of aromatic carboxylic acids is 1. The predicted octanol–water partition coefficient (Wildman–Crippen LogP) is 4.02. The number of hydrogen-bond acceptors (Lipinski definition) is 5. The summed E-state index contributed by atoms with van der Waals surface area (Å²) < 4.78 is 5.34. The van der Waals surface area contributed by atoms with E-state index < -0.39 is 5.97 Å². The zero-order valence-corrected chi connectivity index (χ0v) is 15.7. The van der Waals surface area contributed by atoms with E-state index in [1.54, 1.807) is 30.2 Å². The molecule has 0 spiro atoms. The van der Waals surface area contributed by atoms with Gasteiger partial charge in [-0.05, 0) is 49.0 Å². The summed E-state index contributed by atoms with van der Waals surface area (Å²) in [5, 5.41) is 9.65. The minimum atomic E-state index is -1.02. The van der Waals surface area contributed by atoms with Gasteiger partial charge in [0, 0.05) is 12.1 Å². The van der Waals surface area contributed by atoms with Crippen LogP contribution in [0.15, 0.2) is 58.4 Å². The highest BCUT2D eigenvalue weighted by atomic mass is 32.2. The van der Waals surface area contributed by atoms with E-state index in [1.165, 1.54) is 23.9 Å². The molecular weight excluding hydrogens is 364 g/mol. The van der Waals surface area contributed by atoms with Crippen LogP contribution in [0.4, 0.5) is 5.69 Å². The molecule has 2 aromatic carbocycles. The zero-order valence-electron chi connectivity index (χ0n) is 14.9. The van der Waals surface area contributed by atoms with Crippen molar-refractivity contribution in [1.82, 2.24) is 4.90 Å². The van der Waals surface area contributed by atoms with Crippen molar-refractivity contribution in [3.8, 4) is 5.75 Å². The van der Waals surface area contributed by atoms with Crippen LogP contribution >= 0.6 is 11.8 Å². The molecule has 1 aliphatic rings. The zero-order chi connectivity index (χ0) is 19.4. The van der Waals surface area contributed by atoms with Crippen molar-refractivity contribution in [2.24, 2.45) is 4.99 Å². The van der Waals surface area contributed by atoms with Gasteiger partial charge in [-0.15, -0.1) is 0 Å². The van der Waals surface area contributed by atoms with Crippen LogP contribution < -0.4 is 4.74 Å². The summed E-state index contributed by atoms with van der Waals surface area (Å²) in [5.74, 6) is -0.473. The number of nitrogens with zero attached hydrogens (tertiary/aromatic N) is 2. The first-order valence-corrected chi connectivity index (χ1v) is 9.11. The Kier molecular flexibility index (Phi) is 5.61. The normalized spacial score (nSPS) is 17.0. The SMILES string of the molecule is CCN1C(=O)/C(=C/c2ccccc2OC)SC1=Nc1cccc(C(=O)O)c1. The number of hydrogen-bond donors (Lipinski definition) is 1. The van der Waals surface area contributed by atoms with Gasteiger partial charge in [0.1, 0.15) is 5.75 Å². The van der Waals surface area contributed by atoms with E-state index in [4.69, 9.17) is 9.84 Å². The van der Waals surface area contributed by atoms with Crippen LogP contribution in [-0.2, 0) is 4.79 Å². The number of carboxylic acids is 1. The van der Waals surface area contributed by atoms with E-state index in [0.717, 1.165) is 5.56 Å². The molecule has 7 heteroatoms. The van der Waals surface area contributed by atoms with Crippen LogP contribution in [0.1, 0.15) is 22.8 Å². The molecule has 0 aliphatic carbocycles. The highest BCUT2D eigenvalue weighted by molar-refractivity contribution is 8.18. The highest BCUT2D eigenvalue weighted by Crippen LogP contribution is 2.35. The van der Waals surface area contributed by atoms with Crippen LogP contribution in [0.25, 0.3) is 6.08 Å². The topological polar surface area (TPSA) is 79.2 Å². The van der Waals surface area contributed by atoms with E-state index >= 15 is 0 Å². The molecule has 0 saturated carbocycles. The number of amides is 1. The second-order valence-electron chi connectivity index (χ2n) is 5.65. The van der Waals surface area contributed by atoms with Crippen LogP contribution in [0, 0.1) is 0 Å². The number of methoxy groups -OCH3 is 1. The van der Waals surface area contributed by atoms with Gasteiger partial charge >= 0.3 is 5.97 Å². The Morgan fingerprint density at radius 3 is 2.74 bits per heavy atom. The molecule has 27 heavy (non-hydrogen) atoms. The lowest BCUT2D eigenvalue weighted by atomic mass is 10.2. The number of thioether (sulfide) groups is 1. The molecule has 1 aliphatic heterocycles. The fourth-order valence-corrected chi connectivity index (χ4v) is 3.67. The largest absolute Gasteiger partial charge is 0.496 e. The van der Waals surface area contributed by atoms with Crippen molar-refractivity contribution < 1.29 is 19.4 Å². The van der Waals surface area contributed by atoms with Crippen molar-refractivity contribution in [3.63, 3.8) is 0 Å². The molecular formula is C20H18N2O4S. The number of carbonyl (C=O) groups excluding carboxylic acids is 1. The Labute approximate surface area is 161 Å². The minimum absolute atomic E-state index is 0.137. The lowest BCUT2D eigenvalue weighted by Gasteiger charge is -2.12. The molecule has 138 valence electrons. The van der Waals surface area contributed by atoms with E-state index in [2.05, 4.69) is 4.99 Å². The number of para-hydroxylation sites is 1. The summed E-state index contributed by atoms with van der Waals surface area (Å²) in [6.07, 6.45) is 1.78. The maximum absolute atomic E-state index is 12.7. The number of benzene rings is 2. The lowest BCUT2D eigenvalue weighted by Crippen LogP contribution is -2.28. The summed E-state index contributed by atoms with van der Waals surface area (Å²) in [6.45, 7) is 2.33. The number of carboxylic acid groups (broad SMARTS) is 1. The van der Waals surface area contributed by atoms with Crippen molar-refractivity contribution in [2.75, 3.05) is 13.7 Å². The fraction of sp³-hybridized carbons (Fsp3) is 0.150. The summed E-state index contributed by atoms with van der Waals surface area (Å²) in [5.41, 5.74) is 1.45. The first kappa shape index (κ1) is 18.7.